The largest absolute Gasteiger partial charge is 0.573 e. The van der Waals surface area contributed by atoms with Crippen molar-refractivity contribution in [3.63, 3.8) is 0 Å². The maximum Gasteiger partial charge on any atom is 0.573 e. The number of hydrogen-bond acceptors (Lipinski definition) is 6. The maximum absolute atomic E-state index is 13.3. The molecule has 1 N–H and O–H groups in total. The molecule has 1 atom stereocenters. The molecule has 8 nitrogen and oxygen atoms in total. The second-order valence-electron chi connectivity index (χ2n) is 8.77. The third-order valence-electron chi connectivity index (χ3n) is 6.09. The molecule has 1 aliphatic rings. The van der Waals surface area contributed by atoms with Crippen LogP contribution in [0.4, 0.5) is 13.2 Å². The molecule has 0 bridgehead atoms. The summed E-state index contributed by atoms with van der Waals surface area (Å²) in [6, 6.07) is 17.8. The highest BCUT2D eigenvalue weighted by Gasteiger charge is 2.40. The first-order valence-corrected chi connectivity index (χ1v) is 13.5. The molecule has 39 heavy (non-hydrogen) atoms. The van der Waals surface area contributed by atoms with E-state index in [9.17, 15) is 26.4 Å². The van der Waals surface area contributed by atoms with E-state index in [-0.39, 0.29) is 36.1 Å². The molecule has 0 radical (unpaired) electrons. The van der Waals surface area contributed by atoms with Crippen molar-refractivity contribution in [1.29, 1.82) is 0 Å². The highest BCUT2D eigenvalue weighted by molar-refractivity contribution is 7.89. The van der Waals surface area contributed by atoms with Gasteiger partial charge in [-0.25, -0.2) is 8.42 Å². The molecule has 1 heterocycles. The number of nitrogens with zero attached hydrogens (tertiary/aromatic N) is 1. The highest BCUT2D eigenvalue weighted by Crippen LogP contribution is 2.31. The first-order valence-electron chi connectivity index (χ1n) is 12.1. The molecule has 3 aromatic carbocycles. The molecule has 0 aromatic heterocycles. The Morgan fingerprint density at radius 1 is 1.00 bits per heavy atom. The van der Waals surface area contributed by atoms with Gasteiger partial charge in [0, 0.05) is 13.1 Å². The maximum atomic E-state index is 13.3. The highest BCUT2D eigenvalue weighted by atomic mass is 32.2. The molecular formula is C27H27F3N2O6S. The smallest absolute Gasteiger partial charge is 0.495 e. The Hall–Kier alpha value is -3.77. The van der Waals surface area contributed by atoms with Gasteiger partial charge in [0.1, 0.15) is 34.8 Å². The molecule has 208 valence electrons. The summed E-state index contributed by atoms with van der Waals surface area (Å²) in [6.45, 7) is 0.490. The number of amides is 1. The van der Waals surface area contributed by atoms with Crippen LogP contribution < -0.4 is 19.5 Å². The summed E-state index contributed by atoms with van der Waals surface area (Å²) in [5.74, 6) is -0.0106. The zero-order valence-corrected chi connectivity index (χ0v) is 21.8. The van der Waals surface area contributed by atoms with Crippen LogP contribution in [0, 0.1) is 0 Å². The summed E-state index contributed by atoms with van der Waals surface area (Å²) in [6.07, 6.45) is -3.80. The van der Waals surface area contributed by atoms with E-state index >= 15 is 0 Å². The molecule has 1 fully saturated rings. The minimum absolute atomic E-state index is 0.0135. The molecule has 1 amide bonds. The number of hydrogen-bond donors (Lipinski definition) is 1. The topological polar surface area (TPSA) is 94.2 Å². The van der Waals surface area contributed by atoms with Crippen molar-refractivity contribution in [3.8, 4) is 17.2 Å². The molecule has 1 saturated heterocycles. The predicted molar refractivity (Wildman–Crippen MR) is 136 cm³/mol. The lowest BCUT2D eigenvalue weighted by molar-refractivity contribution is -0.274. The summed E-state index contributed by atoms with van der Waals surface area (Å²) in [5.41, 5.74) is 1.37. The normalized spacial score (nSPS) is 16.1. The third kappa shape index (κ3) is 7.21. The van der Waals surface area contributed by atoms with Crippen LogP contribution in [-0.4, -0.2) is 44.7 Å². The summed E-state index contributed by atoms with van der Waals surface area (Å²) < 4.78 is 79.6. The number of alkyl halides is 3. The second-order valence-corrected chi connectivity index (χ2v) is 10.6. The number of sulfonamides is 1. The fourth-order valence-corrected chi connectivity index (χ4v) is 6.07. The predicted octanol–water partition coefficient (Wildman–Crippen LogP) is 4.64. The Balaban J connectivity index is 1.35. The average molecular weight is 565 g/mol. The molecule has 0 saturated carbocycles. The van der Waals surface area contributed by atoms with E-state index in [1.807, 2.05) is 0 Å². The first kappa shape index (κ1) is 28.2. The standard InChI is InChI=1S/C27H27F3N2O6S/c1-36-24-9-2-3-10-25(24)39(34,35)32-15-5-8-23(32)26(33)31-17-20-6-4-7-22(16-20)37-18-19-11-13-21(14-12-19)38-27(28,29)30/h2-4,6-7,9-14,16,23H,5,8,15,17-18H2,1H3,(H,31,33)/t23-/m0/s1. The molecular weight excluding hydrogens is 537 g/mol. The number of halogens is 3. The fourth-order valence-electron chi connectivity index (χ4n) is 4.25. The molecule has 12 heteroatoms. The lowest BCUT2D eigenvalue weighted by Gasteiger charge is -2.24. The Labute approximate surface area is 224 Å². The number of rotatable bonds is 10. The molecule has 0 aliphatic carbocycles. The Morgan fingerprint density at radius 3 is 2.46 bits per heavy atom. The van der Waals surface area contributed by atoms with Gasteiger partial charge in [0.05, 0.1) is 7.11 Å². The SMILES string of the molecule is COc1ccccc1S(=O)(=O)N1CCC[C@H]1C(=O)NCc1cccc(OCc2ccc(OC(F)(F)F)cc2)c1. The fraction of sp³-hybridized carbons (Fsp3) is 0.296. The van der Waals surface area contributed by atoms with E-state index in [1.165, 1.54) is 41.7 Å². The van der Waals surface area contributed by atoms with Crippen LogP contribution in [-0.2, 0) is 28.0 Å². The van der Waals surface area contributed by atoms with Crippen LogP contribution in [0.3, 0.4) is 0 Å². The average Bonchev–Trinajstić information content (AvgIpc) is 3.42. The van der Waals surface area contributed by atoms with Crippen LogP contribution in [0.25, 0.3) is 0 Å². The van der Waals surface area contributed by atoms with Gasteiger partial charge < -0.3 is 19.5 Å². The van der Waals surface area contributed by atoms with E-state index < -0.39 is 28.3 Å². The molecule has 1 aliphatic heterocycles. The molecule has 0 unspecified atom stereocenters. The van der Waals surface area contributed by atoms with Crippen molar-refractivity contribution >= 4 is 15.9 Å². The third-order valence-corrected chi connectivity index (χ3v) is 8.04. The van der Waals surface area contributed by atoms with Crippen molar-refractivity contribution in [2.24, 2.45) is 0 Å². The first-order chi connectivity index (χ1) is 18.6. The lowest BCUT2D eigenvalue weighted by Crippen LogP contribution is -2.45. The second kappa shape index (κ2) is 12.0. The number of carbonyl (C=O) groups is 1. The van der Waals surface area contributed by atoms with E-state index in [1.54, 1.807) is 42.5 Å². The Morgan fingerprint density at radius 2 is 1.74 bits per heavy atom. The Bertz CT molecular complexity index is 1400. The van der Waals surface area contributed by atoms with Gasteiger partial charge in [0.2, 0.25) is 15.9 Å². The zero-order chi connectivity index (χ0) is 28.0. The van der Waals surface area contributed by atoms with Crippen LogP contribution in [0.5, 0.6) is 17.2 Å². The van der Waals surface area contributed by atoms with E-state index in [0.717, 1.165) is 5.56 Å². The number of ether oxygens (including phenoxy) is 3. The van der Waals surface area contributed by atoms with Crippen molar-refractivity contribution in [2.45, 2.75) is 43.3 Å². The summed E-state index contributed by atoms with van der Waals surface area (Å²) in [5, 5.41) is 2.81. The monoisotopic (exact) mass is 564 g/mol. The molecule has 3 aromatic rings. The van der Waals surface area contributed by atoms with Gasteiger partial charge in [-0.3, -0.25) is 4.79 Å². The number of para-hydroxylation sites is 1. The van der Waals surface area contributed by atoms with Crippen LogP contribution in [0.1, 0.15) is 24.0 Å². The van der Waals surface area contributed by atoms with Crippen LogP contribution in [0.15, 0.2) is 77.7 Å². The zero-order valence-electron chi connectivity index (χ0n) is 21.0. The van der Waals surface area contributed by atoms with Gasteiger partial charge >= 0.3 is 6.36 Å². The number of nitrogens with one attached hydrogen (secondary N) is 1. The van der Waals surface area contributed by atoms with Crippen molar-refractivity contribution in [3.05, 3.63) is 83.9 Å². The number of carbonyl (C=O) groups excluding carboxylic acids is 1. The number of methoxy groups -OCH3 is 1. The van der Waals surface area contributed by atoms with E-state index in [4.69, 9.17) is 9.47 Å². The van der Waals surface area contributed by atoms with E-state index in [0.29, 0.717) is 24.2 Å². The molecule has 0 spiro atoms. The van der Waals surface area contributed by atoms with Gasteiger partial charge in [-0.1, -0.05) is 36.4 Å². The number of benzene rings is 3. The molecule has 4 rings (SSSR count). The Kier molecular flexibility index (Phi) is 8.66. The van der Waals surface area contributed by atoms with Gasteiger partial charge in [-0.05, 0) is 60.4 Å². The van der Waals surface area contributed by atoms with Crippen molar-refractivity contribution < 1.29 is 40.6 Å². The van der Waals surface area contributed by atoms with Gasteiger partial charge in [-0.2, -0.15) is 4.31 Å². The van der Waals surface area contributed by atoms with Crippen LogP contribution >= 0.6 is 0 Å². The van der Waals surface area contributed by atoms with Gasteiger partial charge in [0.15, 0.2) is 0 Å². The minimum atomic E-state index is -4.76. The van der Waals surface area contributed by atoms with Crippen LogP contribution in [0.2, 0.25) is 0 Å². The lowest BCUT2D eigenvalue weighted by atomic mass is 10.2. The van der Waals surface area contributed by atoms with Crippen molar-refractivity contribution in [1.82, 2.24) is 9.62 Å². The van der Waals surface area contributed by atoms with Crippen molar-refractivity contribution in [2.75, 3.05) is 13.7 Å². The summed E-state index contributed by atoms with van der Waals surface area (Å²) >= 11 is 0. The van der Waals surface area contributed by atoms with E-state index in [2.05, 4.69) is 10.1 Å². The quantitative estimate of drug-likeness (QED) is 0.386. The minimum Gasteiger partial charge on any atom is -0.495 e. The summed E-state index contributed by atoms with van der Waals surface area (Å²) in [7, 11) is -2.55. The summed E-state index contributed by atoms with van der Waals surface area (Å²) in [4.78, 5) is 13.0. The van der Waals surface area contributed by atoms with Gasteiger partial charge in [0.25, 0.3) is 0 Å². The van der Waals surface area contributed by atoms with Gasteiger partial charge in [-0.15, -0.1) is 13.2 Å².